The SMILES string of the molecule is CNC(Cc1ccccc1C)C1COc2ccccc2C1. The van der Waals surface area contributed by atoms with Crippen molar-refractivity contribution >= 4 is 0 Å². The minimum Gasteiger partial charge on any atom is -0.493 e. The number of hydrogen-bond acceptors (Lipinski definition) is 2. The zero-order chi connectivity index (χ0) is 14.7. The number of ether oxygens (including phenoxy) is 1. The first kappa shape index (κ1) is 14.2. The molecule has 2 atom stereocenters. The van der Waals surface area contributed by atoms with Gasteiger partial charge in [0, 0.05) is 12.0 Å². The second kappa shape index (κ2) is 6.31. The number of benzene rings is 2. The second-order valence-electron chi connectivity index (χ2n) is 5.91. The van der Waals surface area contributed by atoms with Gasteiger partial charge in [-0.15, -0.1) is 0 Å². The van der Waals surface area contributed by atoms with Crippen molar-refractivity contribution in [3.05, 3.63) is 65.2 Å². The molecule has 0 saturated carbocycles. The number of hydrogen-bond donors (Lipinski definition) is 1. The van der Waals surface area contributed by atoms with E-state index in [1.54, 1.807) is 0 Å². The van der Waals surface area contributed by atoms with Crippen LogP contribution in [0.5, 0.6) is 5.75 Å². The summed E-state index contributed by atoms with van der Waals surface area (Å²) in [5, 5.41) is 3.50. The van der Waals surface area contributed by atoms with Crippen LogP contribution in [0.3, 0.4) is 0 Å². The molecule has 2 aromatic carbocycles. The lowest BCUT2D eigenvalue weighted by atomic mass is 9.86. The molecule has 2 aromatic rings. The summed E-state index contributed by atoms with van der Waals surface area (Å²) in [5.41, 5.74) is 4.13. The van der Waals surface area contributed by atoms with Gasteiger partial charge in [0.2, 0.25) is 0 Å². The smallest absolute Gasteiger partial charge is 0.122 e. The number of likely N-dealkylation sites (N-methyl/N-ethyl adjacent to an activating group) is 1. The molecule has 0 aliphatic carbocycles. The van der Waals surface area contributed by atoms with Gasteiger partial charge >= 0.3 is 0 Å². The van der Waals surface area contributed by atoms with Gasteiger partial charge in [-0.3, -0.25) is 0 Å². The van der Waals surface area contributed by atoms with E-state index in [9.17, 15) is 0 Å². The van der Waals surface area contributed by atoms with Crippen LogP contribution in [-0.2, 0) is 12.8 Å². The molecule has 1 aliphatic heterocycles. The molecule has 0 radical (unpaired) electrons. The van der Waals surface area contributed by atoms with E-state index in [-0.39, 0.29) is 0 Å². The van der Waals surface area contributed by atoms with Crippen LogP contribution < -0.4 is 10.1 Å². The molecule has 1 aliphatic rings. The van der Waals surface area contributed by atoms with Gasteiger partial charge < -0.3 is 10.1 Å². The minimum absolute atomic E-state index is 0.444. The first-order chi connectivity index (χ1) is 10.3. The molecule has 1 heterocycles. The molecule has 2 nitrogen and oxygen atoms in total. The highest BCUT2D eigenvalue weighted by atomic mass is 16.5. The maximum Gasteiger partial charge on any atom is 0.122 e. The standard InChI is InChI=1S/C19H23NO/c1-14-7-3-4-8-15(14)12-18(20-2)17-11-16-9-5-6-10-19(16)21-13-17/h3-10,17-18,20H,11-13H2,1-2H3. The maximum absolute atomic E-state index is 5.95. The van der Waals surface area contributed by atoms with E-state index in [0.717, 1.165) is 25.2 Å². The van der Waals surface area contributed by atoms with Crippen LogP contribution in [0.15, 0.2) is 48.5 Å². The van der Waals surface area contributed by atoms with Crippen LogP contribution in [0.25, 0.3) is 0 Å². The third-order valence-corrected chi connectivity index (χ3v) is 4.55. The average Bonchev–Trinajstić information content (AvgIpc) is 2.54. The first-order valence-electron chi connectivity index (χ1n) is 7.70. The van der Waals surface area contributed by atoms with E-state index in [1.807, 2.05) is 6.07 Å². The Labute approximate surface area is 127 Å². The maximum atomic E-state index is 5.95. The number of fused-ring (bicyclic) bond motifs is 1. The van der Waals surface area contributed by atoms with Gasteiger partial charge in [-0.2, -0.15) is 0 Å². The van der Waals surface area contributed by atoms with Crippen LogP contribution >= 0.6 is 0 Å². The molecule has 21 heavy (non-hydrogen) atoms. The van der Waals surface area contributed by atoms with Crippen molar-refractivity contribution in [1.29, 1.82) is 0 Å². The van der Waals surface area contributed by atoms with Gasteiger partial charge in [0.15, 0.2) is 0 Å². The molecular weight excluding hydrogens is 258 g/mol. The predicted octanol–water partition coefficient (Wildman–Crippen LogP) is 3.38. The largest absolute Gasteiger partial charge is 0.493 e. The molecule has 1 N–H and O–H groups in total. The van der Waals surface area contributed by atoms with Crippen molar-refractivity contribution in [3.63, 3.8) is 0 Å². The van der Waals surface area contributed by atoms with E-state index >= 15 is 0 Å². The summed E-state index contributed by atoms with van der Waals surface area (Å²) < 4.78 is 5.95. The molecular formula is C19H23NO. The molecule has 110 valence electrons. The normalized spacial score (nSPS) is 18.7. The lowest BCUT2D eigenvalue weighted by molar-refractivity contribution is 0.187. The van der Waals surface area contributed by atoms with Crippen LogP contribution in [0.1, 0.15) is 16.7 Å². The fraction of sp³-hybridized carbons (Fsp3) is 0.368. The van der Waals surface area contributed by atoms with Crippen LogP contribution in [0.4, 0.5) is 0 Å². The van der Waals surface area contributed by atoms with E-state index in [1.165, 1.54) is 16.7 Å². The Bertz CT molecular complexity index is 608. The lowest BCUT2D eigenvalue weighted by Crippen LogP contribution is -2.41. The van der Waals surface area contributed by atoms with Crippen molar-refractivity contribution in [2.75, 3.05) is 13.7 Å². The Morgan fingerprint density at radius 3 is 2.71 bits per heavy atom. The Balaban J connectivity index is 1.74. The Hall–Kier alpha value is -1.80. The molecule has 0 fully saturated rings. The van der Waals surface area contributed by atoms with Gasteiger partial charge in [0.1, 0.15) is 5.75 Å². The van der Waals surface area contributed by atoms with Crippen molar-refractivity contribution in [2.24, 2.45) is 5.92 Å². The zero-order valence-corrected chi connectivity index (χ0v) is 12.8. The summed E-state index contributed by atoms with van der Waals surface area (Å²) >= 11 is 0. The van der Waals surface area contributed by atoms with Gasteiger partial charge in [0.05, 0.1) is 6.61 Å². The van der Waals surface area contributed by atoms with E-state index in [0.29, 0.717) is 12.0 Å². The summed E-state index contributed by atoms with van der Waals surface area (Å²) in [6.45, 7) is 2.99. The molecule has 0 spiro atoms. The summed E-state index contributed by atoms with van der Waals surface area (Å²) in [6.07, 6.45) is 2.15. The van der Waals surface area contributed by atoms with Crippen molar-refractivity contribution in [3.8, 4) is 5.75 Å². The van der Waals surface area contributed by atoms with E-state index in [2.05, 4.69) is 61.8 Å². The monoisotopic (exact) mass is 281 g/mol. The third-order valence-electron chi connectivity index (χ3n) is 4.55. The molecule has 3 rings (SSSR count). The average molecular weight is 281 g/mol. The quantitative estimate of drug-likeness (QED) is 0.927. The highest BCUT2D eigenvalue weighted by molar-refractivity contribution is 5.35. The van der Waals surface area contributed by atoms with Crippen molar-refractivity contribution in [2.45, 2.75) is 25.8 Å². The predicted molar refractivity (Wildman–Crippen MR) is 86.9 cm³/mol. The van der Waals surface area contributed by atoms with E-state index in [4.69, 9.17) is 4.74 Å². The zero-order valence-electron chi connectivity index (χ0n) is 12.8. The highest BCUT2D eigenvalue weighted by Gasteiger charge is 2.26. The molecule has 0 aromatic heterocycles. The Morgan fingerprint density at radius 2 is 1.90 bits per heavy atom. The summed E-state index contributed by atoms with van der Waals surface area (Å²) in [4.78, 5) is 0. The Morgan fingerprint density at radius 1 is 1.14 bits per heavy atom. The lowest BCUT2D eigenvalue weighted by Gasteiger charge is -2.32. The number of rotatable bonds is 4. The molecule has 2 unspecified atom stereocenters. The molecule has 0 amide bonds. The minimum atomic E-state index is 0.444. The highest BCUT2D eigenvalue weighted by Crippen LogP contribution is 2.29. The van der Waals surface area contributed by atoms with Crippen LogP contribution in [0, 0.1) is 12.8 Å². The molecule has 0 bridgehead atoms. The number of para-hydroxylation sites is 1. The van der Waals surface area contributed by atoms with Crippen LogP contribution in [-0.4, -0.2) is 19.7 Å². The Kier molecular flexibility index (Phi) is 4.26. The summed E-state index contributed by atoms with van der Waals surface area (Å²) in [5.74, 6) is 1.57. The van der Waals surface area contributed by atoms with Gasteiger partial charge in [-0.05, 0) is 49.6 Å². The first-order valence-corrected chi connectivity index (χ1v) is 7.70. The van der Waals surface area contributed by atoms with E-state index < -0.39 is 0 Å². The number of nitrogens with one attached hydrogen (secondary N) is 1. The molecule has 0 saturated heterocycles. The number of aryl methyl sites for hydroxylation is 1. The van der Waals surface area contributed by atoms with Gasteiger partial charge in [-0.25, -0.2) is 0 Å². The fourth-order valence-electron chi connectivity index (χ4n) is 3.19. The second-order valence-corrected chi connectivity index (χ2v) is 5.91. The van der Waals surface area contributed by atoms with Gasteiger partial charge in [-0.1, -0.05) is 42.5 Å². The molecule has 2 heteroatoms. The topological polar surface area (TPSA) is 21.3 Å². The van der Waals surface area contributed by atoms with Crippen molar-refractivity contribution in [1.82, 2.24) is 5.32 Å². The van der Waals surface area contributed by atoms with Crippen LogP contribution in [0.2, 0.25) is 0 Å². The fourth-order valence-corrected chi connectivity index (χ4v) is 3.19. The van der Waals surface area contributed by atoms with Crippen molar-refractivity contribution < 1.29 is 4.74 Å². The summed E-state index contributed by atoms with van der Waals surface area (Å²) in [7, 11) is 2.06. The van der Waals surface area contributed by atoms with Gasteiger partial charge in [0.25, 0.3) is 0 Å². The summed E-state index contributed by atoms with van der Waals surface area (Å²) in [6, 6.07) is 17.5. The third kappa shape index (κ3) is 3.11.